The lowest BCUT2D eigenvalue weighted by Crippen LogP contribution is -2.05. The summed E-state index contributed by atoms with van der Waals surface area (Å²) in [7, 11) is -3.14. The molecule has 1 aromatic carbocycles. The highest BCUT2D eigenvalue weighted by atomic mass is 32.2. The van der Waals surface area contributed by atoms with Crippen molar-refractivity contribution in [1.29, 1.82) is 5.26 Å². The maximum atomic E-state index is 11.5. The number of hydrogen-bond donors (Lipinski definition) is 0. The van der Waals surface area contributed by atoms with Crippen LogP contribution in [0.1, 0.15) is 18.9 Å². The van der Waals surface area contributed by atoms with Gasteiger partial charge < -0.3 is 0 Å². The Morgan fingerprint density at radius 3 is 2.29 bits per heavy atom. The summed E-state index contributed by atoms with van der Waals surface area (Å²) in [5.74, 6) is 0.152. The zero-order chi connectivity index (χ0) is 10.6. The van der Waals surface area contributed by atoms with Gasteiger partial charge in [0.15, 0.2) is 9.84 Å². The van der Waals surface area contributed by atoms with Gasteiger partial charge in [-0.2, -0.15) is 5.26 Å². The molecule has 0 aliphatic carbocycles. The van der Waals surface area contributed by atoms with Crippen molar-refractivity contribution < 1.29 is 8.42 Å². The van der Waals surface area contributed by atoms with E-state index < -0.39 is 9.84 Å². The van der Waals surface area contributed by atoms with Crippen LogP contribution >= 0.6 is 0 Å². The van der Waals surface area contributed by atoms with Crippen molar-refractivity contribution in [2.45, 2.75) is 18.2 Å². The molecule has 0 amide bonds. The van der Waals surface area contributed by atoms with Gasteiger partial charge in [-0.15, -0.1) is 0 Å². The SMILES string of the molecule is CCCS(=O)(=O)c1ccc(C#N)cc1. The van der Waals surface area contributed by atoms with E-state index in [1.807, 2.05) is 13.0 Å². The van der Waals surface area contributed by atoms with Crippen LogP contribution in [-0.2, 0) is 9.84 Å². The molecule has 0 fully saturated rings. The maximum absolute atomic E-state index is 11.5. The van der Waals surface area contributed by atoms with E-state index in [1.165, 1.54) is 24.3 Å². The van der Waals surface area contributed by atoms with Crippen molar-refractivity contribution in [3.8, 4) is 6.07 Å². The fourth-order valence-corrected chi connectivity index (χ4v) is 2.45. The van der Waals surface area contributed by atoms with Crippen LogP contribution in [0.3, 0.4) is 0 Å². The first-order valence-electron chi connectivity index (χ1n) is 4.33. The molecule has 0 saturated carbocycles. The molecule has 0 atom stereocenters. The Morgan fingerprint density at radius 2 is 1.86 bits per heavy atom. The second kappa shape index (κ2) is 4.25. The quantitative estimate of drug-likeness (QED) is 0.761. The molecular formula is C10H11NO2S. The smallest absolute Gasteiger partial charge is 0.178 e. The lowest BCUT2D eigenvalue weighted by Gasteiger charge is -2.01. The second-order valence-electron chi connectivity index (χ2n) is 2.96. The highest BCUT2D eigenvalue weighted by Gasteiger charge is 2.12. The van der Waals surface area contributed by atoms with Gasteiger partial charge >= 0.3 is 0 Å². The van der Waals surface area contributed by atoms with E-state index in [2.05, 4.69) is 0 Å². The molecule has 0 spiro atoms. The summed E-state index contributed by atoms with van der Waals surface area (Å²) in [6.07, 6.45) is 0.600. The zero-order valence-corrected chi connectivity index (χ0v) is 8.71. The third-order valence-electron chi connectivity index (χ3n) is 1.82. The largest absolute Gasteiger partial charge is 0.224 e. The third kappa shape index (κ3) is 2.33. The van der Waals surface area contributed by atoms with Gasteiger partial charge in [-0.25, -0.2) is 8.42 Å². The molecular weight excluding hydrogens is 198 g/mol. The Balaban J connectivity index is 3.05. The molecule has 1 rings (SSSR count). The Hall–Kier alpha value is -1.34. The molecule has 0 aliphatic heterocycles. The molecule has 3 nitrogen and oxygen atoms in total. The topological polar surface area (TPSA) is 57.9 Å². The standard InChI is InChI=1S/C10H11NO2S/c1-2-7-14(12,13)10-5-3-9(8-11)4-6-10/h3-6H,2,7H2,1H3. The van der Waals surface area contributed by atoms with Crippen LogP contribution in [0.15, 0.2) is 29.2 Å². The predicted molar refractivity (Wildman–Crippen MR) is 53.5 cm³/mol. The van der Waals surface area contributed by atoms with Crippen molar-refractivity contribution in [3.05, 3.63) is 29.8 Å². The van der Waals surface area contributed by atoms with Crippen LogP contribution in [0.5, 0.6) is 0 Å². The van der Waals surface area contributed by atoms with Gasteiger partial charge in [-0.1, -0.05) is 6.92 Å². The predicted octanol–water partition coefficient (Wildman–Crippen LogP) is 1.74. The molecule has 0 radical (unpaired) electrons. The zero-order valence-electron chi connectivity index (χ0n) is 7.90. The summed E-state index contributed by atoms with van der Waals surface area (Å²) in [5.41, 5.74) is 0.473. The van der Waals surface area contributed by atoms with Gasteiger partial charge in [0.25, 0.3) is 0 Å². The minimum absolute atomic E-state index is 0.152. The van der Waals surface area contributed by atoms with Crippen LogP contribution in [0.4, 0.5) is 0 Å². The lowest BCUT2D eigenvalue weighted by molar-refractivity contribution is 0.594. The number of nitrogens with zero attached hydrogens (tertiary/aromatic N) is 1. The lowest BCUT2D eigenvalue weighted by atomic mass is 10.2. The highest BCUT2D eigenvalue weighted by Crippen LogP contribution is 2.12. The average molecular weight is 209 g/mol. The minimum Gasteiger partial charge on any atom is -0.224 e. The molecule has 4 heteroatoms. The molecule has 0 N–H and O–H groups in total. The van der Waals surface area contributed by atoms with E-state index in [1.54, 1.807) is 0 Å². The molecule has 0 bridgehead atoms. The average Bonchev–Trinajstić information content (AvgIpc) is 2.18. The van der Waals surface area contributed by atoms with Crippen LogP contribution in [0, 0.1) is 11.3 Å². The molecule has 0 heterocycles. The van der Waals surface area contributed by atoms with Gasteiger partial charge in [-0.05, 0) is 30.7 Å². The first-order valence-corrected chi connectivity index (χ1v) is 5.98. The number of hydrogen-bond acceptors (Lipinski definition) is 3. The normalized spacial score (nSPS) is 10.9. The Morgan fingerprint density at radius 1 is 1.29 bits per heavy atom. The Kier molecular flexibility index (Phi) is 3.26. The summed E-state index contributed by atoms with van der Waals surface area (Å²) in [4.78, 5) is 0.290. The number of sulfone groups is 1. The van der Waals surface area contributed by atoms with Crippen LogP contribution < -0.4 is 0 Å². The van der Waals surface area contributed by atoms with E-state index in [0.717, 1.165) is 0 Å². The summed E-state index contributed by atoms with van der Waals surface area (Å²) in [5, 5.41) is 8.54. The first-order chi connectivity index (χ1) is 6.60. The Labute approximate surface area is 83.9 Å². The van der Waals surface area contributed by atoms with Crippen molar-refractivity contribution in [2.75, 3.05) is 5.75 Å². The maximum Gasteiger partial charge on any atom is 0.178 e. The van der Waals surface area contributed by atoms with Crippen LogP contribution in [-0.4, -0.2) is 14.2 Å². The van der Waals surface area contributed by atoms with Crippen molar-refractivity contribution in [2.24, 2.45) is 0 Å². The molecule has 1 aromatic rings. The van der Waals surface area contributed by atoms with Gasteiger partial charge in [-0.3, -0.25) is 0 Å². The van der Waals surface area contributed by atoms with Crippen molar-refractivity contribution in [1.82, 2.24) is 0 Å². The van der Waals surface area contributed by atoms with Gasteiger partial charge in [0.2, 0.25) is 0 Å². The number of benzene rings is 1. The molecule has 0 aliphatic rings. The number of nitriles is 1. The molecule has 74 valence electrons. The monoisotopic (exact) mass is 209 g/mol. The molecule has 0 saturated heterocycles. The number of rotatable bonds is 3. The summed E-state index contributed by atoms with van der Waals surface area (Å²) in [6.45, 7) is 1.82. The summed E-state index contributed by atoms with van der Waals surface area (Å²) in [6, 6.07) is 7.93. The fourth-order valence-electron chi connectivity index (χ4n) is 1.12. The molecule has 0 unspecified atom stereocenters. The minimum atomic E-state index is -3.14. The van der Waals surface area contributed by atoms with E-state index in [0.29, 0.717) is 16.9 Å². The molecule has 0 aromatic heterocycles. The summed E-state index contributed by atoms with van der Waals surface area (Å²) >= 11 is 0. The summed E-state index contributed by atoms with van der Waals surface area (Å²) < 4.78 is 23.1. The van der Waals surface area contributed by atoms with E-state index in [9.17, 15) is 8.42 Å². The third-order valence-corrected chi connectivity index (χ3v) is 3.75. The van der Waals surface area contributed by atoms with E-state index in [-0.39, 0.29) is 5.75 Å². The van der Waals surface area contributed by atoms with E-state index in [4.69, 9.17) is 5.26 Å². The molecule has 14 heavy (non-hydrogen) atoms. The van der Waals surface area contributed by atoms with Gasteiger partial charge in [0.05, 0.1) is 22.3 Å². The fraction of sp³-hybridized carbons (Fsp3) is 0.300. The van der Waals surface area contributed by atoms with Crippen LogP contribution in [0.2, 0.25) is 0 Å². The van der Waals surface area contributed by atoms with Crippen LogP contribution in [0.25, 0.3) is 0 Å². The van der Waals surface area contributed by atoms with Gasteiger partial charge in [0, 0.05) is 0 Å². The van der Waals surface area contributed by atoms with E-state index >= 15 is 0 Å². The van der Waals surface area contributed by atoms with Crippen molar-refractivity contribution >= 4 is 9.84 Å². The van der Waals surface area contributed by atoms with Gasteiger partial charge in [0.1, 0.15) is 0 Å². The first kappa shape index (κ1) is 10.7. The van der Waals surface area contributed by atoms with Crippen molar-refractivity contribution in [3.63, 3.8) is 0 Å². The highest BCUT2D eigenvalue weighted by molar-refractivity contribution is 7.91. The second-order valence-corrected chi connectivity index (χ2v) is 5.06. The Bertz CT molecular complexity index is 440.